The molecule has 2 aromatic carbocycles. The molecule has 0 saturated carbocycles. The third-order valence-electron chi connectivity index (χ3n) is 4.49. The Bertz CT molecular complexity index is 823. The van der Waals surface area contributed by atoms with Crippen molar-refractivity contribution in [2.75, 3.05) is 40.3 Å². The van der Waals surface area contributed by atoms with Gasteiger partial charge in [-0.05, 0) is 50.1 Å². The second-order valence-corrected chi connectivity index (χ2v) is 7.35. The summed E-state index contributed by atoms with van der Waals surface area (Å²) in [6.07, 6.45) is 1.66. The number of aryl methyl sites for hydroxylation is 1. The van der Waals surface area contributed by atoms with Crippen LogP contribution in [0, 0.1) is 6.92 Å². The van der Waals surface area contributed by atoms with Crippen LogP contribution < -0.4 is 15.4 Å². The van der Waals surface area contributed by atoms with Crippen LogP contribution in [0.2, 0.25) is 0 Å². The fourth-order valence-electron chi connectivity index (χ4n) is 2.86. The highest BCUT2D eigenvalue weighted by Gasteiger charge is 2.08. The summed E-state index contributed by atoms with van der Waals surface area (Å²) >= 11 is 0. The Balaban J connectivity index is 0.00000480. The molecule has 0 atom stereocenters. The van der Waals surface area contributed by atoms with Crippen molar-refractivity contribution in [1.29, 1.82) is 0 Å². The molecule has 0 unspecified atom stereocenters. The molecule has 2 rings (SSSR count). The lowest BCUT2D eigenvalue weighted by Gasteiger charge is -2.13. The highest BCUT2D eigenvalue weighted by Crippen LogP contribution is 2.11. The SMILES string of the molecule is CCNC(=NCCCOc1ccc(C)cc1)NCCc1cccc(C(=O)N(C)C)c1.I. The van der Waals surface area contributed by atoms with Gasteiger partial charge in [-0.3, -0.25) is 9.79 Å². The molecule has 0 aliphatic rings. The zero-order valence-corrected chi connectivity index (χ0v) is 21.3. The molecule has 7 heteroatoms. The molecule has 0 saturated heterocycles. The first-order valence-electron chi connectivity index (χ1n) is 10.5. The summed E-state index contributed by atoms with van der Waals surface area (Å²) in [7, 11) is 3.53. The lowest BCUT2D eigenvalue weighted by Crippen LogP contribution is -2.38. The molecule has 0 heterocycles. The van der Waals surface area contributed by atoms with Crippen LogP contribution in [0.15, 0.2) is 53.5 Å². The maximum absolute atomic E-state index is 12.1. The van der Waals surface area contributed by atoms with Crippen LogP contribution in [0.5, 0.6) is 5.75 Å². The molecule has 0 bridgehead atoms. The number of guanidine groups is 1. The van der Waals surface area contributed by atoms with Crippen LogP contribution in [-0.2, 0) is 6.42 Å². The van der Waals surface area contributed by atoms with Gasteiger partial charge in [0, 0.05) is 45.7 Å². The zero-order valence-electron chi connectivity index (χ0n) is 19.0. The topological polar surface area (TPSA) is 66.0 Å². The predicted octanol–water partition coefficient (Wildman–Crippen LogP) is 3.88. The van der Waals surface area contributed by atoms with E-state index >= 15 is 0 Å². The van der Waals surface area contributed by atoms with E-state index in [4.69, 9.17) is 4.74 Å². The molecule has 170 valence electrons. The highest BCUT2D eigenvalue weighted by molar-refractivity contribution is 14.0. The summed E-state index contributed by atoms with van der Waals surface area (Å²) in [5.41, 5.74) is 3.06. The minimum Gasteiger partial charge on any atom is -0.494 e. The van der Waals surface area contributed by atoms with Crippen molar-refractivity contribution in [1.82, 2.24) is 15.5 Å². The van der Waals surface area contributed by atoms with Crippen molar-refractivity contribution < 1.29 is 9.53 Å². The van der Waals surface area contributed by atoms with Crippen molar-refractivity contribution in [2.24, 2.45) is 4.99 Å². The van der Waals surface area contributed by atoms with E-state index in [1.807, 2.05) is 55.5 Å². The van der Waals surface area contributed by atoms with Gasteiger partial charge in [0.25, 0.3) is 5.91 Å². The average Bonchev–Trinajstić information content (AvgIpc) is 2.74. The van der Waals surface area contributed by atoms with Crippen molar-refractivity contribution in [2.45, 2.75) is 26.7 Å². The minimum absolute atomic E-state index is 0. The number of aliphatic imine (C=N–C) groups is 1. The monoisotopic (exact) mass is 538 g/mol. The third-order valence-corrected chi connectivity index (χ3v) is 4.49. The summed E-state index contributed by atoms with van der Waals surface area (Å²) < 4.78 is 5.75. The fraction of sp³-hybridized carbons (Fsp3) is 0.417. The Kier molecular flexibility index (Phi) is 12.7. The maximum Gasteiger partial charge on any atom is 0.253 e. The smallest absolute Gasteiger partial charge is 0.253 e. The lowest BCUT2D eigenvalue weighted by molar-refractivity contribution is 0.0827. The van der Waals surface area contributed by atoms with Crippen molar-refractivity contribution >= 4 is 35.8 Å². The van der Waals surface area contributed by atoms with Gasteiger partial charge in [-0.15, -0.1) is 24.0 Å². The van der Waals surface area contributed by atoms with Gasteiger partial charge in [0.1, 0.15) is 5.75 Å². The molecule has 0 spiro atoms. The van der Waals surface area contributed by atoms with Crippen LogP contribution >= 0.6 is 24.0 Å². The van der Waals surface area contributed by atoms with Gasteiger partial charge in [-0.2, -0.15) is 0 Å². The van der Waals surface area contributed by atoms with E-state index in [1.54, 1.807) is 19.0 Å². The number of benzene rings is 2. The maximum atomic E-state index is 12.1. The molecule has 0 aliphatic heterocycles. The molecule has 6 nitrogen and oxygen atoms in total. The summed E-state index contributed by atoms with van der Waals surface area (Å²) in [4.78, 5) is 18.3. The van der Waals surface area contributed by atoms with Crippen molar-refractivity contribution in [3.05, 3.63) is 65.2 Å². The molecular weight excluding hydrogens is 503 g/mol. The fourth-order valence-corrected chi connectivity index (χ4v) is 2.86. The van der Waals surface area contributed by atoms with Gasteiger partial charge in [0.15, 0.2) is 5.96 Å². The van der Waals surface area contributed by atoms with E-state index in [-0.39, 0.29) is 29.9 Å². The largest absolute Gasteiger partial charge is 0.494 e. The van der Waals surface area contributed by atoms with Gasteiger partial charge in [-0.25, -0.2) is 0 Å². The van der Waals surface area contributed by atoms with Crippen LogP contribution in [0.1, 0.15) is 34.8 Å². The summed E-state index contributed by atoms with van der Waals surface area (Å²) in [5, 5.41) is 6.62. The van der Waals surface area contributed by atoms with Crippen LogP contribution in [0.3, 0.4) is 0 Å². The molecule has 0 radical (unpaired) electrons. The number of hydrogen-bond donors (Lipinski definition) is 2. The second kappa shape index (κ2) is 14.7. The Morgan fingerprint density at radius 3 is 2.52 bits per heavy atom. The lowest BCUT2D eigenvalue weighted by atomic mass is 10.1. The average molecular weight is 538 g/mol. The molecule has 2 aromatic rings. The number of nitrogens with zero attached hydrogens (tertiary/aromatic N) is 2. The Morgan fingerprint density at radius 1 is 1.10 bits per heavy atom. The van der Waals surface area contributed by atoms with Gasteiger partial charge >= 0.3 is 0 Å². The van der Waals surface area contributed by atoms with Gasteiger partial charge in [0.2, 0.25) is 0 Å². The van der Waals surface area contributed by atoms with E-state index in [0.717, 1.165) is 43.2 Å². The molecule has 0 aliphatic carbocycles. The van der Waals surface area contributed by atoms with E-state index in [2.05, 4.69) is 22.5 Å². The quantitative estimate of drug-likeness (QED) is 0.209. The van der Waals surface area contributed by atoms with Gasteiger partial charge in [0.05, 0.1) is 6.61 Å². The normalized spacial score (nSPS) is 10.8. The van der Waals surface area contributed by atoms with E-state index in [9.17, 15) is 4.79 Å². The summed E-state index contributed by atoms with van der Waals surface area (Å²) in [6.45, 7) is 6.98. The zero-order chi connectivity index (χ0) is 21.8. The number of amides is 1. The summed E-state index contributed by atoms with van der Waals surface area (Å²) in [5.74, 6) is 1.71. The highest BCUT2D eigenvalue weighted by atomic mass is 127. The second-order valence-electron chi connectivity index (χ2n) is 7.35. The van der Waals surface area contributed by atoms with Crippen LogP contribution in [0.4, 0.5) is 0 Å². The third kappa shape index (κ3) is 10.0. The van der Waals surface area contributed by atoms with E-state index in [0.29, 0.717) is 18.7 Å². The Hall–Kier alpha value is -2.29. The Labute approximate surface area is 203 Å². The summed E-state index contributed by atoms with van der Waals surface area (Å²) in [6, 6.07) is 15.9. The predicted molar refractivity (Wildman–Crippen MR) is 139 cm³/mol. The number of nitrogens with one attached hydrogen (secondary N) is 2. The number of hydrogen-bond acceptors (Lipinski definition) is 3. The number of halogens is 1. The number of ether oxygens (including phenoxy) is 1. The van der Waals surface area contributed by atoms with Crippen molar-refractivity contribution in [3.63, 3.8) is 0 Å². The van der Waals surface area contributed by atoms with E-state index in [1.165, 1.54) is 5.56 Å². The van der Waals surface area contributed by atoms with Gasteiger partial charge in [-0.1, -0.05) is 29.8 Å². The van der Waals surface area contributed by atoms with Crippen LogP contribution in [-0.4, -0.2) is 57.1 Å². The number of carbonyl (C=O) groups excluding carboxylic acids is 1. The number of carbonyl (C=O) groups is 1. The van der Waals surface area contributed by atoms with E-state index < -0.39 is 0 Å². The first-order chi connectivity index (χ1) is 14.5. The van der Waals surface area contributed by atoms with Crippen LogP contribution in [0.25, 0.3) is 0 Å². The molecule has 0 aromatic heterocycles. The molecule has 0 fully saturated rings. The molecular formula is C24H35IN4O2. The minimum atomic E-state index is 0. The van der Waals surface area contributed by atoms with Gasteiger partial charge < -0.3 is 20.3 Å². The first-order valence-corrected chi connectivity index (χ1v) is 10.5. The standard InChI is InChI=1S/C24H34N4O2.HI/c1-5-25-24(26-15-7-17-30-22-12-10-19(2)11-13-22)27-16-14-20-8-6-9-21(18-20)23(29)28(3)4;/h6,8-13,18H,5,7,14-17H2,1-4H3,(H2,25,26,27);1H. The van der Waals surface area contributed by atoms with Crippen molar-refractivity contribution in [3.8, 4) is 5.75 Å². The Morgan fingerprint density at radius 2 is 1.84 bits per heavy atom. The molecule has 31 heavy (non-hydrogen) atoms. The molecule has 2 N–H and O–H groups in total. The first kappa shape index (κ1) is 26.7. The number of rotatable bonds is 10. The molecule has 1 amide bonds.